The van der Waals surface area contributed by atoms with Crippen LogP contribution in [0, 0.1) is 0 Å². The number of anilines is 1. The van der Waals surface area contributed by atoms with Gasteiger partial charge >= 0.3 is 0 Å². The monoisotopic (exact) mass is 414 g/mol. The molecule has 1 aromatic heterocycles. The van der Waals surface area contributed by atoms with E-state index in [4.69, 9.17) is 9.47 Å². The molecule has 0 unspecified atom stereocenters. The second-order valence-corrected chi connectivity index (χ2v) is 7.07. The Morgan fingerprint density at radius 1 is 1.10 bits per heavy atom. The van der Waals surface area contributed by atoms with E-state index in [1.54, 1.807) is 17.0 Å². The number of hydrogen-bond donors (Lipinski definition) is 2. The zero-order valence-electron chi connectivity index (χ0n) is 16.5. The molecular formula is C19H22N6O5. The smallest absolute Gasteiger partial charge is 0.276 e. The SMILES string of the molecule is CC(=O)c1cc2c(cc1NC(=O)CN1CCN(C(=O)c3cn[nH]n3)CC1)OCCO2. The molecule has 2 aliphatic rings. The van der Waals surface area contributed by atoms with Crippen molar-refractivity contribution in [2.75, 3.05) is 51.3 Å². The van der Waals surface area contributed by atoms with Crippen LogP contribution in [0.25, 0.3) is 0 Å². The molecule has 2 aliphatic heterocycles. The fourth-order valence-electron chi connectivity index (χ4n) is 3.45. The normalized spacial score (nSPS) is 16.2. The molecule has 2 aromatic rings. The highest BCUT2D eigenvalue weighted by Gasteiger charge is 2.25. The van der Waals surface area contributed by atoms with Crippen molar-refractivity contribution in [2.45, 2.75) is 6.92 Å². The standard InChI is InChI=1S/C19H22N6O5/c1-12(26)13-8-16-17(30-7-6-29-16)9-14(13)21-18(27)11-24-2-4-25(5-3-24)19(28)15-10-20-23-22-15/h8-10H,2-7,11H2,1H3,(H,21,27)(H,20,22,23). The van der Waals surface area contributed by atoms with Crippen molar-refractivity contribution in [3.63, 3.8) is 0 Å². The predicted molar refractivity (Wildman–Crippen MR) is 105 cm³/mol. The van der Waals surface area contributed by atoms with Crippen LogP contribution in [0.4, 0.5) is 5.69 Å². The van der Waals surface area contributed by atoms with Crippen LogP contribution in [0.3, 0.4) is 0 Å². The van der Waals surface area contributed by atoms with E-state index >= 15 is 0 Å². The number of ether oxygens (including phenoxy) is 2. The molecule has 0 bridgehead atoms. The van der Waals surface area contributed by atoms with Crippen molar-refractivity contribution in [1.82, 2.24) is 25.2 Å². The molecule has 1 aromatic carbocycles. The molecule has 4 rings (SSSR count). The second-order valence-electron chi connectivity index (χ2n) is 7.07. The van der Waals surface area contributed by atoms with Crippen LogP contribution in [0.2, 0.25) is 0 Å². The number of nitrogens with zero attached hydrogens (tertiary/aromatic N) is 4. The van der Waals surface area contributed by atoms with Crippen molar-refractivity contribution >= 4 is 23.3 Å². The van der Waals surface area contributed by atoms with Crippen LogP contribution < -0.4 is 14.8 Å². The van der Waals surface area contributed by atoms with Crippen LogP contribution in [-0.2, 0) is 4.79 Å². The van der Waals surface area contributed by atoms with Gasteiger partial charge in [0.15, 0.2) is 23.0 Å². The van der Waals surface area contributed by atoms with Crippen LogP contribution in [-0.4, -0.2) is 88.7 Å². The van der Waals surface area contributed by atoms with Gasteiger partial charge in [-0.05, 0) is 13.0 Å². The molecule has 0 spiro atoms. The van der Waals surface area contributed by atoms with Crippen LogP contribution in [0.1, 0.15) is 27.8 Å². The number of benzene rings is 1. The average Bonchev–Trinajstić information content (AvgIpc) is 3.28. The minimum atomic E-state index is -0.245. The Morgan fingerprint density at radius 2 is 1.80 bits per heavy atom. The fourth-order valence-corrected chi connectivity index (χ4v) is 3.45. The summed E-state index contributed by atoms with van der Waals surface area (Å²) in [4.78, 5) is 40.5. The number of Topliss-reactive ketones (excluding diaryl/α,β-unsaturated/α-hetero) is 1. The highest BCUT2D eigenvalue weighted by Crippen LogP contribution is 2.35. The molecule has 2 N–H and O–H groups in total. The van der Waals surface area contributed by atoms with E-state index in [0.717, 1.165) is 0 Å². The summed E-state index contributed by atoms with van der Waals surface area (Å²) in [6, 6.07) is 3.22. The van der Waals surface area contributed by atoms with Crippen molar-refractivity contribution in [1.29, 1.82) is 0 Å². The number of hydrogen-bond acceptors (Lipinski definition) is 8. The molecule has 0 saturated carbocycles. The Labute approximate surface area is 172 Å². The number of carbonyl (C=O) groups is 3. The molecule has 158 valence electrons. The van der Waals surface area contributed by atoms with Gasteiger partial charge < -0.3 is 19.7 Å². The van der Waals surface area contributed by atoms with Gasteiger partial charge in [0.05, 0.1) is 18.4 Å². The first-order chi connectivity index (χ1) is 14.5. The minimum Gasteiger partial charge on any atom is -0.486 e. The van der Waals surface area contributed by atoms with Crippen LogP contribution in [0.5, 0.6) is 11.5 Å². The lowest BCUT2D eigenvalue weighted by Crippen LogP contribution is -2.50. The molecule has 1 fully saturated rings. The van der Waals surface area contributed by atoms with Crippen molar-refractivity contribution < 1.29 is 23.9 Å². The molecule has 3 heterocycles. The maximum absolute atomic E-state index is 12.6. The van der Waals surface area contributed by atoms with Gasteiger partial charge in [-0.3, -0.25) is 19.3 Å². The first kappa shape index (κ1) is 19.8. The largest absolute Gasteiger partial charge is 0.486 e. The molecule has 0 atom stereocenters. The third kappa shape index (κ3) is 4.25. The third-order valence-electron chi connectivity index (χ3n) is 5.00. The number of fused-ring (bicyclic) bond motifs is 1. The second kappa shape index (κ2) is 8.49. The first-order valence-corrected chi connectivity index (χ1v) is 9.63. The fraction of sp³-hybridized carbons (Fsp3) is 0.421. The van der Waals surface area contributed by atoms with E-state index < -0.39 is 0 Å². The summed E-state index contributed by atoms with van der Waals surface area (Å²) < 4.78 is 11.1. The van der Waals surface area contributed by atoms with Crippen LogP contribution >= 0.6 is 0 Å². The number of aromatic nitrogens is 3. The van der Waals surface area contributed by atoms with E-state index in [9.17, 15) is 14.4 Å². The number of nitrogens with one attached hydrogen (secondary N) is 2. The van der Waals surface area contributed by atoms with Gasteiger partial charge in [0.1, 0.15) is 13.2 Å². The lowest BCUT2D eigenvalue weighted by Gasteiger charge is -2.33. The number of ketones is 1. The molecule has 11 nitrogen and oxygen atoms in total. The van der Waals surface area contributed by atoms with Gasteiger partial charge in [-0.25, -0.2) is 0 Å². The summed E-state index contributed by atoms with van der Waals surface area (Å²) in [7, 11) is 0. The highest BCUT2D eigenvalue weighted by atomic mass is 16.6. The van der Waals surface area contributed by atoms with Gasteiger partial charge in [0.2, 0.25) is 5.91 Å². The van der Waals surface area contributed by atoms with Gasteiger partial charge in [-0.2, -0.15) is 15.4 Å². The summed E-state index contributed by atoms with van der Waals surface area (Å²) >= 11 is 0. The number of aromatic amines is 1. The van der Waals surface area contributed by atoms with E-state index in [0.29, 0.717) is 62.1 Å². The summed E-state index contributed by atoms with van der Waals surface area (Å²) in [5.41, 5.74) is 1.05. The third-order valence-corrected chi connectivity index (χ3v) is 5.00. The molecule has 0 aliphatic carbocycles. The molecule has 1 saturated heterocycles. The number of amides is 2. The summed E-state index contributed by atoms with van der Waals surface area (Å²) in [5, 5.41) is 12.7. The molecule has 2 amide bonds. The topological polar surface area (TPSA) is 130 Å². The lowest BCUT2D eigenvalue weighted by molar-refractivity contribution is -0.117. The summed E-state index contributed by atoms with van der Waals surface area (Å²) in [6.45, 7) is 4.50. The van der Waals surface area contributed by atoms with Gasteiger partial charge in [0.25, 0.3) is 5.91 Å². The summed E-state index contributed by atoms with van der Waals surface area (Å²) in [6.07, 6.45) is 1.39. The quantitative estimate of drug-likeness (QED) is 0.663. The van der Waals surface area contributed by atoms with Crippen molar-refractivity contribution in [3.05, 3.63) is 29.6 Å². The van der Waals surface area contributed by atoms with Crippen LogP contribution in [0.15, 0.2) is 18.3 Å². The lowest BCUT2D eigenvalue weighted by atomic mass is 10.1. The number of rotatable bonds is 5. The molecular weight excluding hydrogens is 392 g/mol. The van der Waals surface area contributed by atoms with Crippen molar-refractivity contribution in [3.8, 4) is 11.5 Å². The van der Waals surface area contributed by atoms with E-state index in [-0.39, 0.29) is 29.8 Å². The maximum Gasteiger partial charge on any atom is 0.276 e. The zero-order chi connectivity index (χ0) is 21.1. The minimum absolute atomic E-state index is 0.151. The molecule has 30 heavy (non-hydrogen) atoms. The predicted octanol–water partition coefficient (Wildman–Crippen LogP) is 0.175. The first-order valence-electron chi connectivity index (χ1n) is 9.63. The van der Waals surface area contributed by atoms with E-state index in [1.807, 2.05) is 4.90 Å². The van der Waals surface area contributed by atoms with Gasteiger partial charge in [-0.15, -0.1) is 0 Å². The highest BCUT2D eigenvalue weighted by molar-refractivity contribution is 6.05. The molecule has 11 heteroatoms. The van der Waals surface area contributed by atoms with Crippen molar-refractivity contribution in [2.24, 2.45) is 0 Å². The summed E-state index contributed by atoms with van der Waals surface area (Å²) in [5.74, 6) is 0.391. The Morgan fingerprint density at radius 3 is 2.43 bits per heavy atom. The van der Waals surface area contributed by atoms with Gasteiger partial charge in [0, 0.05) is 37.8 Å². The van der Waals surface area contributed by atoms with Gasteiger partial charge in [-0.1, -0.05) is 0 Å². The number of piperazine rings is 1. The van der Waals surface area contributed by atoms with E-state index in [2.05, 4.69) is 20.7 Å². The number of H-pyrrole nitrogens is 1. The number of carbonyl (C=O) groups excluding carboxylic acids is 3. The average molecular weight is 414 g/mol. The maximum atomic E-state index is 12.6. The zero-order valence-corrected chi connectivity index (χ0v) is 16.5. The Balaban J connectivity index is 1.35. The Bertz CT molecular complexity index is 953. The Hall–Kier alpha value is -3.47. The molecule has 0 radical (unpaired) electrons. The Kier molecular flexibility index (Phi) is 5.61. The van der Waals surface area contributed by atoms with E-state index in [1.165, 1.54) is 13.1 Å².